The van der Waals surface area contributed by atoms with Gasteiger partial charge in [0.2, 0.25) is 5.91 Å². The minimum Gasteiger partial charge on any atom is -0.490 e. The highest BCUT2D eigenvalue weighted by molar-refractivity contribution is 7.20. The number of ether oxygens (including phenoxy) is 2. The number of amides is 1. The van der Waals surface area contributed by atoms with Gasteiger partial charge in [-0.25, -0.2) is 14.8 Å². The number of para-hydroxylation sites is 1. The Morgan fingerprint density at radius 2 is 1.77 bits per heavy atom. The molecule has 11 heteroatoms. The number of rotatable bonds is 9. The fraction of sp³-hybridized carbons (Fsp3) is 0.179. The number of carbonyl (C=O) groups excluding carboxylic acids is 2. The molecule has 39 heavy (non-hydrogen) atoms. The maximum absolute atomic E-state index is 13.4. The predicted octanol–water partition coefficient (Wildman–Crippen LogP) is 5.33. The molecule has 9 nitrogen and oxygen atoms in total. The van der Waals surface area contributed by atoms with E-state index in [1.807, 2.05) is 66.0 Å². The summed E-state index contributed by atoms with van der Waals surface area (Å²) < 4.78 is 12.2. The van der Waals surface area contributed by atoms with Crippen LogP contribution in [-0.2, 0) is 9.53 Å². The summed E-state index contributed by atoms with van der Waals surface area (Å²) in [6.07, 6.45) is 1.32. The maximum Gasteiger partial charge on any atom is 0.348 e. The van der Waals surface area contributed by atoms with Gasteiger partial charge in [0, 0.05) is 10.9 Å². The van der Waals surface area contributed by atoms with Crippen molar-refractivity contribution in [1.82, 2.24) is 14.5 Å². The molecular formula is C28H24N4O5S2. The van der Waals surface area contributed by atoms with Crippen molar-refractivity contribution in [2.45, 2.75) is 19.9 Å². The molecule has 0 bridgehead atoms. The van der Waals surface area contributed by atoms with Gasteiger partial charge >= 0.3 is 5.97 Å². The maximum atomic E-state index is 13.4. The molecular weight excluding hydrogens is 536 g/mol. The second-order valence-corrected chi connectivity index (χ2v) is 10.4. The molecule has 0 radical (unpaired) electrons. The molecule has 5 aromatic rings. The summed E-state index contributed by atoms with van der Waals surface area (Å²) in [5, 5.41) is 5.36. The molecule has 0 saturated carbocycles. The lowest BCUT2D eigenvalue weighted by Gasteiger charge is -2.13. The molecule has 0 aliphatic rings. The molecule has 2 aromatic carbocycles. The standard InChI is InChI=1S/C28H24N4O5S2/c1-17-22-25(39-23(17)27(35)37-14-13-36-20-11-7-4-8-12-20)29-16-32(26(22)34)18(2)24(33)31-28-30-21(15-38-28)19-9-5-3-6-10-19/h3-12,15-16,18H,13-14H2,1-2H3,(H,30,31,33). The van der Waals surface area contributed by atoms with E-state index in [0.29, 0.717) is 26.2 Å². The lowest BCUT2D eigenvalue weighted by atomic mass is 10.2. The van der Waals surface area contributed by atoms with E-state index in [1.165, 1.54) is 22.2 Å². The Hall–Kier alpha value is -4.35. The molecule has 1 amide bonds. The highest BCUT2D eigenvalue weighted by atomic mass is 32.1. The molecule has 0 aliphatic carbocycles. The van der Waals surface area contributed by atoms with Gasteiger partial charge in [-0.1, -0.05) is 48.5 Å². The van der Waals surface area contributed by atoms with Crippen LogP contribution in [0.25, 0.3) is 21.5 Å². The number of carbonyl (C=O) groups is 2. The Balaban J connectivity index is 1.27. The van der Waals surface area contributed by atoms with Crippen LogP contribution < -0.4 is 15.6 Å². The Kier molecular flexibility index (Phi) is 7.80. The van der Waals surface area contributed by atoms with E-state index in [1.54, 1.807) is 13.8 Å². The lowest BCUT2D eigenvalue weighted by Crippen LogP contribution is -2.31. The average molecular weight is 561 g/mol. The second kappa shape index (κ2) is 11.6. The van der Waals surface area contributed by atoms with Gasteiger partial charge in [-0.2, -0.15) is 0 Å². The number of nitrogens with zero attached hydrogens (tertiary/aromatic N) is 3. The van der Waals surface area contributed by atoms with Crippen molar-refractivity contribution in [1.29, 1.82) is 0 Å². The molecule has 3 aromatic heterocycles. The van der Waals surface area contributed by atoms with Crippen LogP contribution in [0, 0.1) is 6.92 Å². The van der Waals surface area contributed by atoms with E-state index in [4.69, 9.17) is 9.47 Å². The number of nitrogens with one attached hydrogen (secondary N) is 1. The summed E-state index contributed by atoms with van der Waals surface area (Å²) >= 11 is 2.39. The lowest BCUT2D eigenvalue weighted by molar-refractivity contribution is -0.118. The molecule has 0 fully saturated rings. The Labute approximate surface area is 231 Å². The van der Waals surface area contributed by atoms with Gasteiger partial charge in [0.05, 0.1) is 17.4 Å². The quantitative estimate of drug-likeness (QED) is 0.192. The van der Waals surface area contributed by atoms with E-state index in [9.17, 15) is 14.4 Å². The first kappa shape index (κ1) is 26.3. The minimum absolute atomic E-state index is 0.0546. The Morgan fingerprint density at radius 3 is 2.51 bits per heavy atom. The van der Waals surface area contributed by atoms with Crippen LogP contribution >= 0.6 is 22.7 Å². The number of esters is 1. The number of thiazole rings is 1. The van der Waals surface area contributed by atoms with Crippen LogP contribution in [0.15, 0.2) is 77.2 Å². The van der Waals surface area contributed by atoms with Gasteiger partial charge < -0.3 is 14.8 Å². The van der Waals surface area contributed by atoms with E-state index in [0.717, 1.165) is 22.6 Å². The Morgan fingerprint density at radius 1 is 1.05 bits per heavy atom. The van der Waals surface area contributed by atoms with Gasteiger partial charge in [-0.15, -0.1) is 22.7 Å². The first-order chi connectivity index (χ1) is 18.9. The topological polar surface area (TPSA) is 112 Å². The van der Waals surface area contributed by atoms with Crippen molar-refractivity contribution in [2.24, 2.45) is 0 Å². The monoisotopic (exact) mass is 560 g/mol. The minimum atomic E-state index is -0.858. The summed E-state index contributed by atoms with van der Waals surface area (Å²) in [6.45, 7) is 3.54. The van der Waals surface area contributed by atoms with Gasteiger partial charge in [0.1, 0.15) is 34.7 Å². The highest BCUT2D eigenvalue weighted by Gasteiger charge is 2.24. The molecule has 1 N–H and O–H groups in total. The zero-order valence-corrected chi connectivity index (χ0v) is 22.8. The van der Waals surface area contributed by atoms with E-state index < -0.39 is 23.5 Å². The number of hydrogen-bond donors (Lipinski definition) is 1. The zero-order chi connectivity index (χ0) is 27.4. The third-order valence-electron chi connectivity index (χ3n) is 5.99. The predicted molar refractivity (Wildman–Crippen MR) is 152 cm³/mol. The Bertz CT molecular complexity index is 1680. The average Bonchev–Trinajstić information content (AvgIpc) is 3.56. The van der Waals surface area contributed by atoms with Crippen molar-refractivity contribution in [3.8, 4) is 17.0 Å². The third-order valence-corrected chi connectivity index (χ3v) is 7.93. The van der Waals surface area contributed by atoms with Gasteiger partial charge in [-0.3, -0.25) is 14.2 Å². The number of aryl methyl sites for hydroxylation is 1. The SMILES string of the molecule is Cc1c(C(=O)OCCOc2ccccc2)sc2ncn(C(C)C(=O)Nc3nc(-c4ccccc4)cs3)c(=O)c12. The molecule has 0 spiro atoms. The van der Waals surface area contributed by atoms with Crippen molar-refractivity contribution in [3.63, 3.8) is 0 Å². The number of hydrogen-bond acceptors (Lipinski definition) is 9. The molecule has 5 rings (SSSR count). The molecule has 0 aliphatic heterocycles. The van der Waals surface area contributed by atoms with E-state index in [2.05, 4.69) is 15.3 Å². The number of fused-ring (bicyclic) bond motifs is 1. The summed E-state index contributed by atoms with van der Waals surface area (Å²) in [5.41, 5.74) is 1.76. The molecule has 1 atom stereocenters. The first-order valence-corrected chi connectivity index (χ1v) is 13.8. The number of anilines is 1. The smallest absolute Gasteiger partial charge is 0.348 e. The van der Waals surface area contributed by atoms with E-state index in [-0.39, 0.29) is 18.6 Å². The summed E-state index contributed by atoms with van der Waals surface area (Å²) in [6, 6.07) is 18.0. The molecule has 0 saturated heterocycles. The third kappa shape index (κ3) is 5.74. The van der Waals surface area contributed by atoms with Gasteiger partial charge in [0.25, 0.3) is 5.56 Å². The van der Waals surface area contributed by atoms with Crippen molar-refractivity contribution in [3.05, 3.63) is 93.2 Å². The summed E-state index contributed by atoms with van der Waals surface area (Å²) in [7, 11) is 0. The fourth-order valence-electron chi connectivity index (χ4n) is 3.89. The van der Waals surface area contributed by atoms with Gasteiger partial charge in [-0.05, 0) is 31.5 Å². The molecule has 1 unspecified atom stereocenters. The van der Waals surface area contributed by atoms with Gasteiger partial charge in [0.15, 0.2) is 5.13 Å². The highest BCUT2D eigenvalue weighted by Crippen LogP contribution is 2.28. The molecule has 198 valence electrons. The van der Waals surface area contributed by atoms with Crippen LogP contribution in [0.1, 0.15) is 28.2 Å². The van der Waals surface area contributed by atoms with Crippen molar-refractivity contribution in [2.75, 3.05) is 18.5 Å². The van der Waals surface area contributed by atoms with Crippen molar-refractivity contribution >= 4 is 49.9 Å². The summed E-state index contributed by atoms with van der Waals surface area (Å²) in [5.74, 6) is -0.277. The van der Waals surface area contributed by atoms with Crippen LogP contribution in [-0.4, -0.2) is 39.6 Å². The number of aromatic nitrogens is 3. The fourth-order valence-corrected chi connectivity index (χ4v) is 5.65. The van der Waals surface area contributed by atoms with Crippen LogP contribution in [0.5, 0.6) is 5.75 Å². The second-order valence-electron chi connectivity index (χ2n) is 8.56. The first-order valence-electron chi connectivity index (χ1n) is 12.1. The van der Waals surface area contributed by atoms with Crippen LogP contribution in [0.4, 0.5) is 5.13 Å². The normalized spacial score (nSPS) is 11.7. The van der Waals surface area contributed by atoms with Crippen molar-refractivity contribution < 1.29 is 19.1 Å². The zero-order valence-electron chi connectivity index (χ0n) is 21.1. The largest absolute Gasteiger partial charge is 0.490 e. The number of thiophene rings is 1. The summed E-state index contributed by atoms with van der Waals surface area (Å²) in [4.78, 5) is 48.6. The van der Waals surface area contributed by atoms with Crippen LogP contribution in [0.3, 0.4) is 0 Å². The van der Waals surface area contributed by atoms with Crippen LogP contribution in [0.2, 0.25) is 0 Å². The number of benzene rings is 2. The van der Waals surface area contributed by atoms with E-state index >= 15 is 0 Å². The molecule has 3 heterocycles.